The molecule has 0 spiro atoms. The van der Waals surface area contributed by atoms with Gasteiger partial charge in [0.2, 0.25) is 11.8 Å². The van der Waals surface area contributed by atoms with Crippen LogP contribution in [-0.2, 0) is 30.7 Å². The maximum Gasteiger partial charge on any atom is 2.00 e. The molecule has 1 aromatic rings. The fourth-order valence-electron chi connectivity index (χ4n) is 1.65. The van der Waals surface area contributed by atoms with Crippen molar-refractivity contribution in [2.75, 3.05) is 7.04 Å². The second-order valence-corrected chi connectivity index (χ2v) is 3.93. The van der Waals surface area contributed by atoms with E-state index in [2.05, 4.69) is 21.4 Å². The van der Waals surface area contributed by atoms with Crippen LogP contribution in [0, 0.1) is 6.07 Å². The molecule has 104 valence electrons. The predicted octanol–water partition coefficient (Wildman–Crippen LogP) is 0.812. The summed E-state index contributed by atoms with van der Waals surface area (Å²) in [7, 11) is -2.65. The molecular weight excluding hydrogens is 432 g/mol. The van der Waals surface area contributed by atoms with Crippen LogP contribution in [0.3, 0.4) is 0 Å². The minimum Gasteiger partial charge on any atom is -0.684 e. The van der Waals surface area contributed by atoms with Gasteiger partial charge in [-0.2, -0.15) is 0 Å². The summed E-state index contributed by atoms with van der Waals surface area (Å²) in [6, 6.07) is 5.69. The van der Waals surface area contributed by atoms with Gasteiger partial charge in [-0.05, 0) is 18.4 Å². The van der Waals surface area contributed by atoms with E-state index in [-0.39, 0.29) is 45.2 Å². The Morgan fingerprint density at radius 1 is 1.55 bits per heavy atom. The minimum absolute atomic E-state index is 0. The van der Waals surface area contributed by atoms with Crippen molar-refractivity contribution in [1.29, 1.82) is 0 Å². The Balaban J connectivity index is 0.00000264. The Kier molecular flexibility index (Phi) is 4.35. The maximum absolute atomic E-state index is 12.0. The number of benzene rings is 1. The minimum atomic E-state index is -2.65. The van der Waals surface area contributed by atoms with Gasteiger partial charge in [0.15, 0.2) is 0 Å². The average Bonchev–Trinajstić information content (AvgIpc) is 2.40. The molecule has 7 heteroatoms. The van der Waals surface area contributed by atoms with E-state index in [1.54, 1.807) is 0 Å². The van der Waals surface area contributed by atoms with E-state index in [9.17, 15) is 14.4 Å². The average molecular weight is 447 g/mol. The number of methoxy groups -OCH3 is 1. The number of nitrogens with one attached hydrogen (secondary N) is 1. The summed E-state index contributed by atoms with van der Waals surface area (Å²) in [5.41, 5.74) is -0.0218. The van der Waals surface area contributed by atoms with Gasteiger partial charge >= 0.3 is 21.1 Å². The number of carbonyl (C=O) groups is 3. The largest absolute Gasteiger partial charge is 2.00 e. The van der Waals surface area contributed by atoms with Crippen molar-refractivity contribution in [2.24, 2.45) is 0 Å². The van der Waals surface area contributed by atoms with Crippen LogP contribution >= 0.6 is 0 Å². The van der Waals surface area contributed by atoms with E-state index in [0.29, 0.717) is 0 Å². The van der Waals surface area contributed by atoms with Gasteiger partial charge in [0.05, 0.1) is 11.2 Å². The molecule has 1 aliphatic rings. The molecule has 1 atom stereocenters. The molecule has 20 heavy (non-hydrogen) atoms. The Morgan fingerprint density at radius 2 is 2.35 bits per heavy atom. The number of hydrogen-bond acceptors (Lipinski definition) is 4. The van der Waals surface area contributed by atoms with Crippen LogP contribution in [0.15, 0.2) is 18.2 Å². The zero-order valence-corrected chi connectivity index (χ0v) is 13.1. The first kappa shape index (κ1) is 12.1. The molecule has 0 saturated carbocycles. The fourth-order valence-corrected chi connectivity index (χ4v) is 1.65. The molecule has 1 N–H and O–H groups in total. The first-order valence-corrected chi connectivity index (χ1v) is 5.55. The van der Waals surface area contributed by atoms with Gasteiger partial charge in [0, 0.05) is 12.2 Å². The van der Waals surface area contributed by atoms with E-state index in [0.717, 1.165) is 0 Å². The van der Waals surface area contributed by atoms with Crippen LogP contribution in [0.5, 0.6) is 5.75 Å². The SMILES string of the molecule is [2H]C([2H])([2H])Oc1[c-]c(C(=O)[N-]C2CCC(=O)NC2=O)ccc1.[W+2]. The molecule has 2 rings (SSSR count). The number of rotatable bonds is 3. The van der Waals surface area contributed by atoms with E-state index < -0.39 is 30.8 Å². The first-order valence-electron chi connectivity index (χ1n) is 7.05. The Morgan fingerprint density at radius 3 is 3.05 bits per heavy atom. The van der Waals surface area contributed by atoms with Crippen LogP contribution < -0.4 is 10.1 Å². The smallest absolute Gasteiger partial charge is 0.684 e. The molecular formula is C13H12N2O4W. The summed E-state index contributed by atoms with van der Waals surface area (Å²) < 4.78 is 25.6. The second kappa shape index (κ2) is 7.19. The number of nitrogens with zero attached hydrogens (tertiary/aromatic N) is 1. The molecule has 6 nitrogen and oxygen atoms in total. The number of ether oxygens (including phenoxy) is 1. The Labute approximate surface area is 134 Å². The van der Waals surface area contributed by atoms with Gasteiger partial charge in [0.1, 0.15) is 0 Å². The second-order valence-electron chi connectivity index (χ2n) is 3.93. The first-order chi connectivity index (χ1) is 10.2. The van der Waals surface area contributed by atoms with Crippen molar-refractivity contribution in [3.63, 3.8) is 0 Å². The van der Waals surface area contributed by atoms with Gasteiger partial charge in [-0.1, -0.05) is 6.07 Å². The summed E-state index contributed by atoms with van der Waals surface area (Å²) in [5.74, 6) is -1.88. The van der Waals surface area contributed by atoms with Crippen molar-refractivity contribution in [3.05, 3.63) is 35.1 Å². The van der Waals surface area contributed by atoms with Crippen molar-refractivity contribution in [2.45, 2.75) is 18.9 Å². The summed E-state index contributed by atoms with van der Waals surface area (Å²) in [6.07, 6.45) is 0.265. The normalized spacial score (nSPS) is 20.6. The standard InChI is InChI=1S/C13H13N2O4.W/c1-19-9-4-2-3-8(7-9)12(17)14-10-5-6-11(16)15-13(10)18;/h2-4,10H,5-6H2,1H3,(H2,14,15,16,17,18);/q-1;+2/p-1/i1D3;. The number of carbonyl (C=O) groups excluding carboxylic acids is 3. The van der Waals surface area contributed by atoms with Gasteiger partial charge in [-0.15, -0.1) is 23.8 Å². The summed E-state index contributed by atoms with van der Waals surface area (Å²) >= 11 is 0. The molecule has 1 aromatic carbocycles. The summed E-state index contributed by atoms with van der Waals surface area (Å²) in [4.78, 5) is 34.6. The summed E-state index contributed by atoms with van der Waals surface area (Å²) in [5, 5.41) is 5.82. The van der Waals surface area contributed by atoms with E-state index in [1.165, 1.54) is 18.2 Å². The van der Waals surface area contributed by atoms with Crippen molar-refractivity contribution in [1.82, 2.24) is 5.32 Å². The molecule has 1 fully saturated rings. The zero-order chi connectivity index (χ0) is 16.3. The van der Waals surface area contributed by atoms with E-state index in [4.69, 9.17) is 4.11 Å². The van der Waals surface area contributed by atoms with Crippen LogP contribution in [-0.4, -0.2) is 30.8 Å². The quantitative estimate of drug-likeness (QED) is 0.549. The third-order valence-corrected chi connectivity index (χ3v) is 2.59. The topological polar surface area (TPSA) is 86.6 Å². The molecule has 3 amide bonds. The number of imide groups is 1. The number of piperidine rings is 1. The van der Waals surface area contributed by atoms with Crippen LogP contribution in [0.1, 0.15) is 27.3 Å². The van der Waals surface area contributed by atoms with Crippen LogP contribution in [0.25, 0.3) is 5.32 Å². The molecule has 0 radical (unpaired) electrons. The molecule has 1 heterocycles. The van der Waals surface area contributed by atoms with Crippen LogP contribution in [0.4, 0.5) is 0 Å². The molecule has 1 aliphatic heterocycles. The third kappa shape index (κ3) is 3.90. The number of amides is 3. The molecule has 0 aromatic heterocycles. The van der Waals surface area contributed by atoms with E-state index >= 15 is 0 Å². The molecule has 0 aliphatic carbocycles. The maximum atomic E-state index is 12.0. The van der Waals surface area contributed by atoms with Crippen molar-refractivity contribution < 1.29 is 44.3 Å². The van der Waals surface area contributed by atoms with Gasteiger partial charge in [0.25, 0.3) is 0 Å². The Bertz CT molecular complexity index is 621. The van der Waals surface area contributed by atoms with Crippen molar-refractivity contribution >= 4 is 17.7 Å². The fraction of sp³-hybridized carbons (Fsp3) is 0.308. The molecule has 1 saturated heterocycles. The van der Waals surface area contributed by atoms with E-state index in [1.807, 2.05) is 0 Å². The number of hydrogen-bond donors (Lipinski definition) is 1. The molecule has 1 unspecified atom stereocenters. The van der Waals surface area contributed by atoms with Gasteiger partial charge in [-0.3, -0.25) is 14.9 Å². The van der Waals surface area contributed by atoms with Crippen molar-refractivity contribution in [3.8, 4) is 5.75 Å². The third-order valence-electron chi connectivity index (χ3n) is 2.59. The summed E-state index contributed by atoms with van der Waals surface area (Å²) in [6.45, 7) is 0. The molecule has 0 bridgehead atoms. The van der Waals surface area contributed by atoms with Crippen LogP contribution in [0.2, 0.25) is 0 Å². The zero-order valence-electron chi connectivity index (χ0n) is 13.2. The predicted molar refractivity (Wildman–Crippen MR) is 65.7 cm³/mol. The monoisotopic (exact) mass is 447 g/mol. The van der Waals surface area contributed by atoms with Gasteiger partial charge in [-0.25, -0.2) is 0 Å². The Hall–Kier alpha value is -1.68. The van der Waals surface area contributed by atoms with Gasteiger partial charge < -0.3 is 14.8 Å².